The van der Waals surface area contributed by atoms with Gasteiger partial charge in [0.05, 0.1) is 27.4 Å². The molecule has 136 valence electrons. The molecule has 6 nitrogen and oxygen atoms in total. The van der Waals surface area contributed by atoms with Gasteiger partial charge in [0, 0.05) is 23.5 Å². The second-order valence-electron chi connectivity index (χ2n) is 5.58. The lowest BCUT2D eigenvalue weighted by atomic mass is 10.2. The number of methoxy groups -OCH3 is 2. The van der Waals surface area contributed by atoms with Crippen LogP contribution in [0.25, 0.3) is 0 Å². The van der Waals surface area contributed by atoms with Gasteiger partial charge in [-0.25, -0.2) is 0 Å². The SMILES string of the molecule is COc1cc(N)ccc1OCCCCCOc1ccc(N)cc1OC. The van der Waals surface area contributed by atoms with Crippen LogP contribution in [-0.2, 0) is 0 Å². The fourth-order valence-electron chi connectivity index (χ4n) is 2.35. The topological polar surface area (TPSA) is 89.0 Å². The average molecular weight is 346 g/mol. The predicted molar refractivity (Wildman–Crippen MR) is 99.7 cm³/mol. The van der Waals surface area contributed by atoms with Crippen molar-refractivity contribution >= 4 is 11.4 Å². The van der Waals surface area contributed by atoms with Crippen molar-refractivity contribution in [1.29, 1.82) is 0 Å². The maximum absolute atomic E-state index is 5.74. The molecule has 4 N–H and O–H groups in total. The Morgan fingerprint density at radius 2 is 1.08 bits per heavy atom. The first-order chi connectivity index (χ1) is 12.1. The minimum atomic E-state index is 0.617. The fraction of sp³-hybridized carbons (Fsp3) is 0.368. The van der Waals surface area contributed by atoms with Gasteiger partial charge in [-0.1, -0.05) is 0 Å². The van der Waals surface area contributed by atoms with Crippen LogP contribution in [0.15, 0.2) is 36.4 Å². The number of hydrogen-bond donors (Lipinski definition) is 2. The van der Waals surface area contributed by atoms with Gasteiger partial charge in [-0.05, 0) is 43.5 Å². The summed E-state index contributed by atoms with van der Waals surface area (Å²) < 4.78 is 22.0. The van der Waals surface area contributed by atoms with Crippen LogP contribution >= 0.6 is 0 Å². The second-order valence-corrected chi connectivity index (χ2v) is 5.58. The standard InChI is InChI=1S/C19H26N2O4/c1-22-18-12-14(20)6-8-16(18)24-10-4-3-5-11-25-17-9-7-15(21)13-19(17)23-2/h6-9,12-13H,3-5,10-11,20-21H2,1-2H3. The molecule has 0 fully saturated rings. The van der Waals surface area contributed by atoms with E-state index in [0.29, 0.717) is 47.6 Å². The van der Waals surface area contributed by atoms with Crippen molar-refractivity contribution in [2.24, 2.45) is 0 Å². The van der Waals surface area contributed by atoms with Crippen molar-refractivity contribution in [2.75, 3.05) is 38.9 Å². The molecule has 0 aliphatic carbocycles. The lowest BCUT2D eigenvalue weighted by Crippen LogP contribution is -2.03. The van der Waals surface area contributed by atoms with Crippen LogP contribution in [-0.4, -0.2) is 27.4 Å². The maximum Gasteiger partial charge on any atom is 0.162 e. The molecule has 2 aromatic carbocycles. The lowest BCUT2D eigenvalue weighted by Gasteiger charge is -2.12. The molecule has 2 rings (SSSR count). The third kappa shape index (κ3) is 5.67. The van der Waals surface area contributed by atoms with Crippen LogP contribution in [0.2, 0.25) is 0 Å². The third-order valence-corrected chi connectivity index (χ3v) is 3.68. The summed E-state index contributed by atoms with van der Waals surface area (Å²) in [6, 6.07) is 10.7. The smallest absolute Gasteiger partial charge is 0.162 e. The minimum absolute atomic E-state index is 0.617. The Bertz CT molecular complexity index is 619. The zero-order valence-corrected chi connectivity index (χ0v) is 14.8. The zero-order valence-electron chi connectivity index (χ0n) is 14.8. The monoisotopic (exact) mass is 346 g/mol. The molecule has 6 heteroatoms. The minimum Gasteiger partial charge on any atom is -0.493 e. The Kier molecular flexibility index (Phi) is 7.07. The zero-order chi connectivity index (χ0) is 18.1. The average Bonchev–Trinajstić information content (AvgIpc) is 2.62. The van der Waals surface area contributed by atoms with E-state index in [1.807, 2.05) is 12.1 Å². The normalized spacial score (nSPS) is 10.3. The highest BCUT2D eigenvalue weighted by molar-refractivity contribution is 5.52. The molecule has 0 atom stereocenters. The van der Waals surface area contributed by atoms with Crippen molar-refractivity contribution < 1.29 is 18.9 Å². The van der Waals surface area contributed by atoms with Crippen molar-refractivity contribution in [3.8, 4) is 23.0 Å². The molecule has 0 spiro atoms. The van der Waals surface area contributed by atoms with Crippen molar-refractivity contribution in [3.63, 3.8) is 0 Å². The highest BCUT2D eigenvalue weighted by atomic mass is 16.5. The largest absolute Gasteiger partial charge is 0.493 e. The fourth-order valence-corrected chi connectivity index (χ4v) is 2.35. The van der Waals surface area contributed by atoms with E-state index in [-0.39, 0.29) is 0 Å². The molecule has 0 saturated heterocycles. The summed E-state index contributed by atoms with van der Waals surface area (Å²) in [6.45, 7) is 1.23. The summed E-state index contributed by atoms with van der Waals surface area (Å²) in [4.78, 5) is 0. The van der Waals surface area contributed by atoms with Crippen LogP contribution in [0.3, 0.4) is 0 Å². The van der Waals surface area contributed by atoms with E-state index in [4.69, 9.17) is 30.4 Å². The number of hydrogen-bond acceptors (Lipinski definition) is 6. The van der Waals surface area contributed by atoms with Gasteiger partial charge in [0.15, 0.2) is 23.0 Å². The number of nitrogen functional groups attached to an aromatic ring is 2. The van der Waals surface area contributed by atoms with Gasteiger partial charge >= 0.3 is 0 Å². The van der Waals surface area contributed by atoms with Gasteiger partial charge in [0.2, 0.25) is 0 Å². The Morgan fingerprint density at radius 3 is 1.48 bits per heavy atom. The quantitative estimate of drug-likeness (QED) is 0.506. The van der Waals surface area contributed by atoms with Gasteiger partial charge in [0.25, 0.3) is 0 Å². The van der Waals surface area contributed by atoms with Gasteiger partial charge in [-0.3, -0.25) is 0 Å². The molecule has 0 radical (unpaired) electrons. The van der Waals surface area contributed by atoms with Gasteiger partial charge in [-0.2, -0.15) is 0 Å². The molecule has 0 saturated carbocycles. The molecule has 0 aromatic heterocycles. The first-order valence-electron chi connectivity index (χ1n) is 8.26. The van der Waals surface area contributed by atoms with E-state index >= 15 is 0 Å². The van der Waals surface area contributed by atoms with Crippen LogP contribution in [0.5, 0.6) is 23.0 Å². The number of rotatable bonds is 10. The second kappa shape index (κ2) is 9.52. The van der Waals surface area contributed by atoms with Crippen LogP contribution in [0.1, 0.15) is 19.3 Å². The maximum atomic E-state index is 5.74. The van der Waals surface area contributed by atoms with E-state index in [9.17, 15) is 0 Å². The van der Waals surface area contributed by atoms with Crippen LogP contribution < -0.4 is 30.4 Å². The molecule has 0 heterocycles. The first kappa shape index (κ1) is 18.6. The molecule has 0 aliphatic rings. The first-order valence-corrected chi connectivity index (χ1v) is 8.26. The Balaban J connectivity index is 1.66. The number of ether oxygens (including phenoxy) is 4. The molecular formula is C19H26N2O4. The summed E-state index contributed by atoms with van der Waals surface area (Å²) in [7, 11) is 3.20. The lowest BCUT2D eigenvalue weighted by molar-refractivity contribution is 0.264. The Labute approximate surface area is 148 Å². The molecule has 0 aliphatic heterocycles. The van der Waals surface area contributed by atoms with Crippen molar-refractivity contribution in [2.45, 2.75) is 19.3 Å². The van der Waals surface area contributed by atoms with Gasteiger partial charge in [0.1, 0.15) is 0 Å². The van der Waals surface area contributed by atoms with Crippen LogP contribution in [0.4, 0.5) is 11.4 Å². The van der Waals surface area contributed by atoms with E-state index in [0.717, 1.165) is 19.3 Å². The Hall–Kier alpha value is -2.76. The van der Waals surface area contributed by atoms with E-state index in [1.165, 1.54) is 0 Å². The predicted octanol–water partition coefficient (Wildman–Crippen LogP) is 3.50. The van der Waals surface area contributed by atoms with E-state index in [1.54, 1.807) is 38.5 Å². The molecule has 0 unspecified atom stereocenters. The highest BCUT2D eigenvalue weighted by Gasteiger charge is 2.05. The highest BCUT2D eigenvalue weighted by Crippen LogP contribution is 2.30. The van der Waals surface area contributed by atoms with Gasteiger partial charge in [-0.15, -0.1) is 0 Å². The summed E-state index contributed by atoms with van der Waals surface area (Å²) in [5.74, 6) is 2.72. The number of nitrogens with two attached hydrogens (primary N) is 2. The summed E-state index contributed by atoms with van der Waals surface area (Å²) in [6.07, 6.45) is 2.85. The number of benzene rings is 2. The summed E-state index contributed by atoms with van der Waals surface area (Å²) in [5.41, 5.74) is 12.8. The molecule has 25 heavy (non-hydrogen) atoms. The van der Waals surface area contributed by atoms with Crippen LogP contribution in [0, 0.1) is 0 Å². The van der Waals surface area contributed by atoms with Gasteiger partial charge < -0.3 is 30.4 Å². The van der Waals surface area contributed by atoms with Crippen molar-refractivity contribution in [3.05, 3.63) is 36.4 Å². The number of anilines is 2. The molecule has 2 aromatic rings. The molecular weight excluding hydrogens is 320 g/mol. The van der Waals surface area contributed by atoms with Crippen molar-refractivity contribution in [1.82, 2.24) is 0 Å². The van der Waals surface area contributed by atoms with E-state index < -0.39 is 0 Å². The summed E-state index contributed by atoms with van der Waals surface area (Å²) >= 11 is 0. The number of unbranched alkanes of at least 4 members (excludes halogenated alkanes) is 2. The Morgan fingerprint density at radius 1 is 0.640 bits per heavy atom. The third-order valence-electron chi connectivity index (χ3n) is 3.68. The summed E-state index contributed by atoms with van der Waals surface area (Å²) in [5, 5.41) is 0. The molecule has 0 amide bonds. The van der Waals surface area contributed by atoms with E-state index in [2.05, 4.69) is 0 Å². The molecule has 0 bridgehead atoms.